The minimum absolute atomic E-state index is 0.0310. The molecule has 1 aromatic rings. The van der Waals surface area contributed by atoms with Gasteiger partial charge in [-0.1, -0.05) is 25.1 Å². The zero-order valence-corrected chi connectivity index (χ0v) is 14.4. The van der Waals surface area contributed by atoms with Crippen molar-refractivity contribution in [1.29, 1.82) is 10.5 Å². The Kier molecular flexibility index (Phi) is 7.99. The van der Waals surface area contributed by atoms with Crippen molar-refractivity contribution in [2.45, 2.75) is 20.3 Å². The van der Waals surface area contributed by atoms with Crippen molar-refractivity contribution in [3.8, 4) is 17.9 Å². The first kappa shape index (κ1) is 20.3. The molecule has 7 nitrogen and oxygen atoms in total. The van der Waals surface area contributed by atoms with Gasteiger partial charge in [0.2, 0.25) is 0 Å². The van der Waals surface area contributed by atoms with Crippen LogP contribution in [0.2, 0.25) is 0 Å². The van der Waals surface area contributed by atoms with E-state index < -0.39 is 16.8 Å². The Hall–Kier alpha value is -3.71. The van der Waals surface area contributed by atoms with E-state index in [1.54, 1.807) is 50.3 Å². The van der Waals surface area contributed by atoms with Crippen molar-refractivity contribution in [2.75, 3.05) is 0 Å². The topological polar surface area (TPSA) is 117 Å². The molecular formula is C19H17N3O4. The average molecular weight is 351 g/mol. The summed E-state index contributed by atoms with van der Waals surface area (Å²) < 4.78 is 5.28. The van der Waals surface area contributed by atoms with Crippen molar-refractivity contribution in [1.82, 2.24) is 0 Å². The first-order chi connectivity index (χ1) is 12.4. The molecule has 0 saturated carbocycles. The number of hydrogen-bond acceptors (Lipinski definition) is 6. The Morgan fingerprint density at radius 3 is 2.38 bits per heavy atom. The third-order valence-corrected chi connectivity index (χ3v) is 3.40. The number of carbonyl (C=O) groups is 1. The summed E-state index contributed by atoms with van der Waals surface area (Å²) in [7, 11) is 0. The predicted molar refractivity (Wildman–Crippen MR) is 95.0 cm³/mol. The number of nitro groups is 1. The monoisotopic (exact) mass is 351 g/mol. The van der Waals surface area contributed by atoms with Crippen LogP contribution in [0.1, 0.15) is 25.8 Å². The summed E-state index contributed by atoms with van der Waals surface area (Å²) in [6.45, 7) is 3.32. The van der Waals surface area contributed by atoms with E-state index in [0.717, 1.165) is 0 Å². The largest absolute Gasteiger partial charge is 0.426 e. The molecule has 0 aliphatic carbocycles. The smallest absolute Gasteiger partial charge is 0.318 e. The molecule has 7 heteroatoms. The number of carbonyl (C=O) groups excluding carboxylic acids is 1. The highest BCUT2D eigenvalue weighted by atomic mass is 16.6. The van der Waals surface area contributed by atoms with Crippen LogP contribution < -0.4 is 4.74 Å². The molecule has 0 aliphatic heterocycles. The highest BCUT2D eigenvalue weighted by molar-refractivity contribution is 5.77. The van der Waals surface area contributed by atoms with Gasteiger partial charge in [0.05, 0.1) is 10.8 Å². The van der Waals surface area contributed by atoms with E-state index in [0.29, 0.717) is 17.7 Å². The lowest BCUT2D eigenvalue weighted by Crippen LogP contribution is -2.18. The molecule has 1 aromatic carbocycles. The van der Waals surface area contributed by atoms with Crippen LogP contribution in [0, 0.1) is 38.7 Å². The highest BCUT2D eigenvalue weighted by Gasteiger charge is 2.17. The van der Waals surface area contributed by atoms with Gasteiger partial charge in [0.25, 0.3) is 5.70 Å². The fourth-order valence-electron chi connectivity index (χ4n) is 1.94. The zero-order valence-electron chi connectivity index (χ0n) is 14.4. The van der Waals surface area contributed by atoms with Crippen LogP contribution in [0.4, 0.5) is 0 Å². The first-order valence-electron chi connectivity index (χ1n) is 7.77. The average Bonchev–Trinajstić information content (AvgIpc) is 2.64. The zero-order chi connectivity index (χ0) is 19.5. The van der Waals surface area contributed by atoms with Crippen LogP contribution in [0.15, 0.2) is 53.8 Å². The lowest BCUT2D eigenvalue weighted by Gasteiger charge is -2.10. The number of nitrogens with zero attached hydrogens (tertiary/aromatic N) is 3. The Balaban J connectivity index is 2.84. The fourth-order valence-corrected chi connectivity index (χ4v) is 1.94. The quantitative estimate of drug-likeness (QED) is 0.184. The molecule has 0 saturated heterocycles. The van der Waals surface area contributed by atoms with Gasteiger partial charge in [-0.05, 0) is 43.2 Å². The van der Waals surface area contributed by atoms with Gasteiger partial charge in [0.1, 0.15) is 23.5 Å². The summed E-state index contributed by atoms with van der Waals surface area (Å²) in [4.78, 5) is 22.4. The molecule has 1 unspecified atom stereocenters. The van der Waals surface area contributed by atoms with Gasteiger partial charge in [-0.15, -0.1) is 0 Å². The van der Waals surface area contributed by atoms with E-state index in [1.165, 1.54) is 24.3 Å². The summed E-state index contributed by atoms with van der Waals surface area (Å²) in [5, 5.41) is 28.2. The van der Waals surface area contributed by atoms with Gasteiger partial charge in [-0.3, -0.25) is 14.9 Å². The predicted octanol–water partition coefficient (Wildman–Crippen LogP) is 3.79. The summed E-state index contributed by atoms with van der Waals surface area (Å²) in [6, 6.07) is 9.82. The standard InChI is InChI=1S/C19H17N3O4/c1-3-16(7-8-17(4-2)22(24)25)19(23)26-18-9-5-14(6-10-18)11-15(12-20)13-21/h4-11,16H,3H2,1-2H3/b8-7-,17-4+. The van der Waals surface area contributed by atoms with E-state index >= 15 is 0 Å². The lowest BCUT2D eigenvalue weighted by atomic mass is 10.1. The molecular weight excluding hydrogens is 334 g/mol. The van der Waals surface area contributed by atoms with E-state index in [-0.39, 0.29) is 11.3 Å². The third-order valence-electron chi connectivity index (χ3n) is 3.40. The van der Waals surface area contributed by atoms with Crippen LogP contribution in [-0.2, 0) is 4.79 Å². The van der Waals surface area contributed by atoms with E-state index in [1.807, 2.05) is 0 Å². The van der Waals surface area contributed by atoms with Crippen LogP contribution in [-0.4, -0.2) is 10.9 Å². The van der Waals surface area contributed by atoms with Crippen LogP contribution in [0.25, 0.3) is 6.08 Å². The summed E-state index contributed by atoms with van der Waals surface area (Å²) in [5.74, 6) is -0.844. The maximum absolute atomic E-state index is 12.2. The Morgan fingerprint density at radius 2 is 1.92 bits per heavy atom. The first-order valence-corrected chi connectivity index (χ1v) is 7.77. The molecule has 1 rings (SSSR count). The number of rotatable bonds is 7. The highest BCUT2D eigenvalue weighted by Crippen LogP contribution is 2.17. The molecule has 26 heavy (non-hydrogen) atoms. The molecule has 0 bridgehead atoms. The number of nitriles is 2. The number of ether oxygens (including phenoxy) is 1. The number of esters is 1. The summed E-state index contributed by atoms with van der Waals surface area (Å²) in [5.41, 5.74) is 0.494. The molecule has 0 radical (unpaired) electrons. The lowest BCUT2D eigenvalue weighted by molar-refractivity contribution is -0.419. The molecule has 0 aromatic heterocycles. The van der Waals surface area contributed by atoms with Gasteiger partial charge in [-0.2, -0.15) is 10.5 Å². The number of allylic oxidation sites excluding steroid dienone is 3. The minimum atomic E-state index is -0.617. The summed E-state index contributed by atoms with van der Waals surface area (Å²) >= 11 is 0. The fraction of sp³-hybridized carbons (Fsp3) is 0.211. The van der Waals surface area contributed by atoms with E-state index in [9.17, 15) is 14.9 Å². The molecule has 132 valence electrons. The van der Waals surface area contributed by atoms with Crippen molar-refractivity contribution in [2.24, 2.45) is 5.92 Å². The molecule has 0 aliphatic rings. The number of benzene rings is 1. The molecule has 0 heterocycles. The summed E-state index contributed by atoms with van der Waals surface area (Å²) in [6.07, 6.45) is 5.92. The Bertz CT molecular complexity index is 821. The second-order valence-corrected chi connectivity index (χ2v) is 5.12. The second-order valence-electron chi connectivity index (χ2n) is 5.12. The molecule has 0 amide bonds. The van der Waals surface area contributed by atoms with Crippen molar-refractivity contribution < 1.29 is 14.5 Å². The van der Waals surface area contributed by atoms with Gasteiger partial charge in [-0.25, -0.2) is 0 Å². The van der Waals surface area contributed by atoms with Gasteiger partial charge in [0, 0.05) is 6.08 Å². The molecule has 0 spiro atoms. The normalized spacial score (nSPS) is 11.9. The van der Waals surface area contributed by atoms with E-state index in [4.69, 9.17) is 15.3 Å². The molecule has 0 fully saturated rings. The Morgan fingerprint density at radius 1 is 1.31 bits per heavy atom. The van der Waals surface area contributed by atoms with Gasteiger partial charge >= 0.3 is 5.97 Å². The van der Waals surface area contributed by atoms with Crippen molar-refractivity contribution in [3.05, 3.63) is 69.4 Å². The van der Waals surface area contributed by atoms with Crippen molar-refractivity contribution in [3.63, 3.8) is 0 Å². The van der Waals surface area contributed by atoms with Crippen LogP contribution >= 0.6 is 0 Å². The maximum Gasteiger partial charge on any atom is 0.318 e. The number of hydrogen-bond donors (Lipinski definition) is 0. The van der Waals surface area contributed by atoms with Gasteiger partial charge in [0.15, 0.2) is 0 Å². The Labute approximate surface area is 151 Å². The second kappa shape index (κ2) is 10.2. The maximum atomic E-state index is 12.2. The van der Waals surface area contributed by atoms with Crippen LogP contribution in [0.3, 0.4) is 0 Å². The molecule has 1 atom stereocenters. The minimum Gasteiger partial charge on any atom is -0.426 e. The van der Waals surface area contributed by atoms with E-state index in [2.05, 4.69) is 0 Å². The van der Waals surface area contributed by atoms with Crippen molar-refractivity contribution >= 4 is 12.0 Å². The molecule has 0 N–H and O–H groups in total. The van der Waals surface area contributed by atoms with Crippen LogP contribution in [0.5, 0.6) is 5.75 Å². The third kappa shape index (κ3) is 6.06. The van der Waals surface area contributed by atoms with Gasteiger partial charge < -0.3 is 4.74 Å². The SMILES string of the molecule is C/C=C(\C=C/C(CC)C(=O)Oc1ccc(C=C(C#N)C#N)cc1)[N+](=O)[O-].